The molecule has 2 aliphatic heterocycles. The quantitative estimate of drug-likeness (QED) is 0.655. The lowest BCUT2D eigenvalue weighted by molar-refractivity contribution is 1.42. The zero-order valence-electron chi connectivity index (χ0n) is 12.9. The largest absolute Gasteiger partial charge is 0.347 e. The first-order valence-electron chi connectivity index (χ1n) is 7.28. The fraction of sp³-hybridized carbons (Fsp3) is 0. The summed E-state index contributed by atoms with van der Waals surface area (Å²) in [6.45, 7) is 0. The van der Waals surface area contributed by atoms with E-state index in [2.05, 4.69) is 10.6 Å². The molecule has 2 aromatic carbocycles. The van der Waals surface area contributed by atoms with E-state index in [4.69, 9.17) is 21.0 Å². The summed E-state index contributed by atoms with van der Waals surface area (Å²) >= 11 is 2.69. The Hall–Kier alpha value is -3.56. The Morgan fingerprint density at radius 1 is 0.769 bits per heavy atom. The number of anilines is 2. The van der Waals surface area contributed by atoms with Crippen molar-refractivity contribution in [1.82, 2.24) is 0 Å². The lowest BCUT2D eigenvalue weighted by Crippen LogP contribution is -1.94. The number of fused-ring (bicyclic) bond motifs is 5. The first kappa shape index (κ1) is 15.9. The SMILES string of the molecule is N#CC(C#N)=C1Nc2c(ccc3ccc4c(c23)SC(=C(C#N)C#N)N4)S1. The Bertz CT molecular complexity index is 1100. The van der Waals surface area contributed by atoms with E-state index in [9.17, 15) is 0 Å². The van der Waals surface area contributed by atoms with E-state index in [1.165, 1.54) is 23.5 Å². The van der Waals surface area contributed by atoms with Gasteiger partial charge in [-0.2, -0.15) is 21.0 Å². The van der Waals surface area contributed by atoms with Crippen LogP contribution in [0.1, 0.15) is 0 Å². The number of nitriles is 4. The predicted octanol–water partition coefficient (Wildman–Crippen LogP) is 4.39. The van der Waals surface area contributed by atoms with Crippen molar-refractivity contribution in [2.75, 3.05) is 10.6 Å². The van der Waals surface area contributed by atoms with Crippen molar-refractivity contribution in [3.8, 4) is 24.3 Å². The predicted molar refractivity (Wildman–Crippen MR) is 99.4 cm³/mol. The van der Waals surface area contributed by atoms with Gasteiger partial charge >= 0.3 is 0 Å². The zero-order valence-corrected chi connectivity index (χ0v) is 14.5. The molecule has 0 aliphatic carbocycles. The highest BCUT2D eigenvalue weighted by molar-refractivity contribution is 8.04. The number of nitrogens with one attached hydrogen (secondary N) is 2. The van der Waals surface area contributed by atoms with Crippen LogP contribution >= 0.6 is 23.5 Å². The summed E-state index contributed by atoms with van der Waals surface area (Å²) in [6.07, 6.45) is 0. The van der Waals surface area contributed by atoms with Crippen LogP contribution in [0.25, 0.3) is 10.8 Å². The van der Waals surface area contributed by atoms with Gasteiger partial charge in [-0.15, -0.1) is 0 Å². The molecule has 2 heterocycles. The molecule has 8 heteroatoms. The summed E-state index contributed by atoms with van der Waals surface area (Å²) < 4.78 is 0. The third-order valence-electron chi connectivity index (χ3n) is 3.90. The van der Waals surface area contributed by atoms with Gasteiger partial charge in [0.2, 0.25) is 0 Å². The van der Waals surface area contributed by atoms with Crippen LogP contribution < -0.4 is 10.6 Å². The van der Waals surface area contributed by atoms with Crippen molar-refractivity contribution in [2.45, 2.75) is 9.79 Å². The molecule has 0 atom stereocenters. The highest BCUT2D eigenvalue weighted by Gasteiger charge is 2.28. The van der Waals surface area contributed by atoms with Gasteiger partial charge in [0.1, 0.15) is 34.3 Å². The third kappa shape index (κ3) is 2.26. The molecule has 0 radical (unpaired) electrons. The average Bonchev–Trinajstić information content (AvgIpc) is 3.27. The normalized spacial score (nSPS) is 13.4. The van der Waals surface area contributed by atoms with Crippen LogP contribution in [0.5, 0.6) is 0 Å². The van der Waals surface area contributed by atoms with Gasteiger partial charge in [-0.3, -0.25) is 0 Å². The second kappa shape index (κ2) is 6.06. The van der Waals surface area contributed by atoms with Crippen LogP contribution in [0.15, 0.2) is 55.3 Å². The maximum Gasteiger partial charge on any atom is 0.160 e. The Morgan fingerprint density at radius 2 is 1.38 bits per heavy atom. The smallest absolute Gasteiger partial charge is 0.160 e. The molecule has 4 rings (SSSR count). The molecule has 0 amide bonds. The number of hydrogen-bond acceptors (Lipinski definition) is 8. The number of nitrogens with zero attached hydrogens (tertiary/aromatic N) is 4. The second-order valence-electron chi connectivity index (χ2n) is 5.29. The molecule has 120 valence electrons. The highest BCUT2D eigenvalue weighted by atomic mass is 32.2. The molecule has 0 unspecified atom stereocenters. The Labute approximate surface area is 157 Å². The highest BCUT2D eigenvalue weighted by Crippen LogP contribution is 2.53. The van der Waals surface area contributed by atoms with Gasteiger partial charge in [0.25, 0.3) is 0 Å². The summed E-state index contributed by atoms with van der Waals surface area (Å²) in [5, 5.41) is 45.7. The van der Waals surface area contributed by atoms with Crippen LogP contribution in [0.2, 0.25) is 0 Å². The van der Waals surface area contributed by atoms with E-state index >= 15 is 0 Å². The Morgan fingerprint density at radius 3 is 2.04 bits per heavy atom. The van der Waals surface area contributed by atoms with Gasteiger partial charge in [-0.1, -0.05) is 35.7 Å². The fourth-order valence-corrected chi connectivity index (χ4v) is 4.83. The van der Waals surface area contributed by atoms with Crippen LogP contribution in [-0.2, 0) is 0 Å². The second-order valence-corrected chi connectivity index (χ2v) is 7.36. The first-order valence-corrected chi connectivity index (χ1v) is 8.92. The summed E-state index contributed by atoms with van der Waals surface area (Å²) in [4.78, 5) is 1.82. The van der Waals surface area contributed by atoms with E-state index in [0.29, 0.717) is 10.1 Å². The Kier molecular flexibility index (Phi) is 3.72. The fourth-order valence-electron chi connectivity index (χ4n) is 2.76. The molecule has 0 aromatic heterocycles. The molecule has 26 heavy (non-hydrogen) atoms. The molecular weight excluding hydrogens is 364 g/mol. The molecule has 0 saturated heterocycles. The minimum atomic E-state index is 0.0334. The van der Waals surface area contributed by atoms with E-state index < -0.39 is 0 Å². The minimum Gasteiger partial charge on any atom is -0.347 e. The van der Waals surface area contributed by atoms with Crippen molar-refractivity contribution in [3.05, 3.63) is 45.5 Å². The standard InChI is InChI=1S/C18H6N6S2/c19-5-10(6-20)17-23-12-3-1-9-2-4-13-15(14(9)16(12)26-17)24-18(25-13)11(7-21)8-22/h1-4,23-24H. The first-order chi connectivity index (χ1) is 12.7. The van der Waals surface area contributed by atoms with Crippen molar-refractivity contribution in [3.63, 3.8) is 0 Å². The van der Waals surface area contributed by atoms with E-state index in [1.807, 2.05) is 48.5 Å². The molecule has 2 aromatic rings. The monoisotopic (exact) mass is 370 g/mol. The number of rotatable bonds is 0. The number of thioether (sulfide) groups is 2. The van der Waals surface area contributed by atoms with Gasteiger partial charge in [0, 0.05) is 15.2 Å². The number of hydrogen-bond donors (Lipinski definition) is 2. The van der Waals surface area contributed by atoms with Crippen molar-refractivity contribution < 1.29 is 0 Å². The molecule has 2 aliphatic rings. The maximum atomic E-state index is 9.12. The van der Waals surface area contributed by atoms with E-state index in [1.54, 1.807) is 0 Å². The van der Waals surface area contributed by atoms with Gasteiger partial charge in [-0.25, -0.2) is 0 Å². The van der Waals surface area contributed by atoms with Gasteiger partial charge in [0.05, 0.1) is 11.4 Å². The number of benzene rings is 2. The van der Waals surface area contributed by atoms with Crippen molar-refractivity contribution in [1.29, 1.82) is 21.0 Å². The summed E-state index contributed by atoms with van der Waals surface area (Å²) in [6, 6.07) is 15.4. The molecular formula is C18H6N6S2. The van der Waals surface area contributed by atoms with E-state index in [0.717, 1.165) is 31.9 Å². The van der Waals surface area contributed by atoms with Gasteiger partial charge < -0.3 is 10.6 Å². The van der Waals surface area contributed by atoms with Gasteiger partial charge in [-0.05, 0) is 17.5 Å². The van der Waals surface area contributed by atoms with Gasteiger partial charge in [0.15, 0.2) is 11.1 Å². The zero-order chi connectivity index (χ0) is 18.3. The topological polar surface area (TPSA) is 119 Å². The number of allylic oxidation sites excluding steroid dienone is 2. The van der Waals surface area contributed by atoms with E-state index in [-0.39, 0.29) is 11.1 Å². The molecule has 2 N–H and O–H groups in total. The lowest BCUT2D eigenvalue weighted by atomic mass is 10.1. The summed E-state index contributed by atoms with van der Waals surface area (Å²) in [7, 11) is 0. The van der Waals surface area contributed by atoms with Crippen LogP contribution in [0.4, 0.5) is 11.4 Å². The summed E-state index contributed by atoms with van der Waals surface area (Å²) in [5.41, 5.74) is 1.72. The van der Waals surface area contributed by atoms with Crippen LogP contribution in [0, 0.1) is 45.3 Å². The van der Waals surface area contributed by atoms with Crippen molar-refractivity contribution in [2.24, 2.45) is 0 Å². The lowest BCUT2D eigenvalue weighted by Gasteiger charge is -2.08. The third-order valence-corrected chi connectivity index (χ3v) is 6.11. The molecule has 0 bridgehead atoms. The van der Waals surface area contributed by atoms with Crippen LogP contribution in [-0.4, -0.2) is 0 Å². The maximum absolute atomic E-state index is 9.12. The van der Waals surface area contributed by atoms with Crippen LogP contribution in [0.3, 0.4) is 0 Å². The molecule has 0 fully saturated rings. The average molecular weight is 370 g/mol. The Balaban J connectivity index is 1.93. The van der Waals surface area contributed by atoms with Crippen molar-refractivity contribution >= 4 is 45.7 Å². The molecule has 0 saturated carbocycles. The molecule has 0 spiro atoms. The minimum absolute atomic E-state index is 0.0334. The molecule has 6 nitrogen and oxygen atoms in total. The summed E-state index contributed by atoms with van der Waals surface area (Å²) in [5.74, 6) is 0.